The summed E-state index contributed by atoms with van der Waals surface area (Å²) in [5, 5.41) is 6.18. The molecule has 314 valence electrons. The topological polar surface area (TPSA) is 21.3 Å². The van der Waals surface area contributed by atoms with Crippen molar-refractivity contribution in [2.45, 2.75) is 97.8 Å². The summed E-state index contributed by atoms with van der Waals surface area (Å²) < 4.78 is 12.7. The molecule has 0 atom stereocenters. The van der Waals surface area contributed by atoms with E-state index in [0.717, 1.165) is 11.2 Å². The van der Waals surface area contributed by atoms with E-state index in [2.05, 4.69) is 207 Å². The first-order chi connectivity index (χ1) is 30.4. The highest BCUT2D eigenvalue weighted by molar-refractivity contribution is 7.32. The molecule has 3 aromatic heterocycles. The second-order valence-corrected chi connectivity index (χ2v) is 23.6. The van der Waals surface area contributed by atoms with Crippen LogP contribution in [-0.2, 0) is 21.7 Å². The van der Waals surface area contributed by atoms with Gasteiger partial charge in [-0.3, -0.25) is 0 Å². The fraction of sp³-hybridized carbons (Fsp3) is 0.254. The van der Waals surface area contributed by atoms with Crippen molar-refractivity contribution in [3.8, 4) is 27.9 Å². The van der Waals surface area contributed by atoms with Gasteiger partial charge in [0.05, 0.1) is 22.1 Å². The molecule has 0 unspecified atom stereocenters. The highest BCUT2D eigenvalue weighted by Crippen LogP contribution is 2.57. The zero-order valence-electron chi connectivity index (χ0n) is 38.8. The fourth-order valence-corrected chi connectivity index (χ4v) is 13.1. The second kappa shape index (κ2) is 12.2. The molecule has 3 aliphatic rings. The van der Waals surface area contributed by atoms with Gasteiger partial charge in [0.2, 0.25) is 0 Å². The van der Waals surface area contributed by atoms with E-state index >= 15 is 0 Å². The van der Waals surface area contributed by atoms with Crippen molar-refractivity contribution in [1.29, 1.82) is 0 Å². The lowest BCUT2D eigenvalue weighted by molar-refractivity contribution is 0.590. The predicted octanol–water partition coefficient (Wildman–Crippen LogP) is 15.3. The Morgan fingerprint density at radius 3 is 1.97 bits per heavy atom. The quantitative estimate of drug-likeness (QED) is 0.154. The normalized spacial score (nSPS) is 15.2. The van der Waals surface area contributed by atoms with E-state index in [1.54, 1.807) is 0 Å². The molecule has 0 radical (unpaired) electrons. The molecule has 1 aliphatic carbocycles. The molecule has 0 bridgehead atoms. The van der Waals surface area contributed by atoms with Crippen LogP contribution in [0.25, 0.3) is 81.8 Å². The van der Waals surface area contributed by atoms with Crippen LogP contribution in [-0.4, -0.2) is 11.4 Å². The highest BCUT2D eigenvalue weighted by Gasteiger charge is 2.49. The summed E-state index contributed by atoms with van der Waals surface area (Å²) in [5.74, 6) is 0. The molecule has 3 nitrogen and oxygen atoms in total. The minimum Gasteiger partial charge on any atom is -0.455 e. The van der Waals surface area contributed by atoms with E-state index in [4.69, 9.17) is 4.42 Å². The summed E-state index contributed by atoms with van der Waals surface area (Å²) in [4.78, 5) is 2.73. The van der Waals surface area contributed by atoms with Gasteiger partial charge in [0, 0.05) is 53.4 Å². The van der Waals surface area contributed by atoms with Crippen LogP contribution in [0.15, 0.2) is 126 Å². The van der Waals surface area contributed by atoms with Crippen molar-refractivity contribution >= 4 is 93.6 Å². The van der Waals surface area contributed by atoms with Gasteiger partial charge in [0.15, 0.2) is 0 Å². The molecule has 0 saturated heterocycles. The third-order valence-electron chi connectivity index (χ3n) is 15.2. The number of rotatable bonds is 1. The number of thiophene rings is 1. The van der Waals surface area contributed by atoms with Crippen LogP contribution in [0.1, 0.15) is 104 Å². The summed E-state index contributed by atoms with van der Waals surface area (Å²) in [5.41, 5.74) is 21.4. The van der Waals surface area contributed by atoms with Gasteiger partial charge in [-0.25, -0.2) is 0 Å². The molecule has 5 heteroatoms. The maximum atomic E-state index is 7.29. The second-order valence-electron chi connectivity index (χ2n) is 22.6. The minimum absolute atomic E-state index is 0.00570. The number of fused-ring (bicyclic) bond motifs is 18. The van der Waals surface area contributed by atoms with Crippen LogP contribution in [0.2, 0.25) is 0 Å². The molecule has 13 rings (SSSR count). The van der Waals surface area contributed by atoms with Gasteiger partial charge in [0.25, 0.3) is 0 Å². The molecule has 0 N–H and O–H groups in total. The third kappa shape index (κ3) is 4.89. The van der Waals surface area contributed by atoms with Gasteiger partial charge < -0.3 is 13.8 Å². The lowest BCUT2D eigenvalue weighted by Gasteiger charge is -2.42. The van der Waals surface area contributed by atoms with Crippen LogP contribution in [0.4, 0.5) is 11.4 Å². The molecule has 0 fully saturated rings. The van der Waals surface area contributed by atoms with Crippen LogP contribution in [0, 0.1) is 0 Å². The van der Waals surface area contributed by atoms with Crippen molar-refractivity contribution < 1.29 is 4.42 Å². The van der Waals surface area contributed by atoms with E-state index in [1.165, 1.54) is 120 Å². The molecule has 7 aromatic carbocycles. The molecule has 0 saturated carbocycles. The largest absolute Gasteiger partial charge is 0.455 e. The van der Waals surface area contributed by atoms with Crippen molar-refractivity contribution in [1.82, 2.24) is 4.57 Å². The molecular weight excluding hydrogens is 796 g/mol. The molecule has 2 aliphatic heterocycles. The Labute approximate surface area is 380 Å². The summed E-state index contributed by atoms with van der Waals surface area (Å²) >= 11 is 1.98. The number of nitrogens with zero attached hydrogens (tertiary/aromatic N) is 2. The minimum atomic E-state index is -0.166. The molecule has 0 amide bonds. The lowest BCUT2D eigenvalue weighted by atomic mass is 9.46. The van der Waals surface area contributed by atoms with Crippen LogP contribution >= 0.6 is 11.3 Å². The fourth-order valence-electron chi connectivity index (χ4n) is 11.8. The Morgan fingerprint density at radius 2 is 1.23 bits per heavy atom. The van der Waals surface area contributed by atoms with Crippen molar-refractivity contribution in [3.05, 3.63) is 149 Å². The van der Waals surface area contributed by atoms with E-state index < -0.39 is 0 Å². The molecule has 0 spiro atoms. The van der Waals surface area contributed by atoms with Crippen molar-refractivity contribution in [2.24, 2.45) is 0 Å². The zero-order valence-corrected chi connectivity index (χ0v) is 39.7. The predicted molar refractivity (Wildman–Crippen MR) is 276 cm³/mol. The summed E-state index contributed by atoms with van der Waals surface area (Å²) in [6.07, 6.45) is 0. The van der Waals surface area contributed by atoms with Crippen molar-refractivity contribution in [2.75, 3.05) is 4.81 Å². The lowest BCUT2D eigenvalue weighted by Crippen LogP contribution is -2.59. The number of hydrogen-bond acceptors (Lipinski definition) is 3. The van der Waals surface area contributed by atoms with Gasteiger partial charge in [-0.15, -0.1) is 11.3 Å². The molecule has 5 heterocycles. The Morgan fingerprint density at radius 1 is 0.578 bits per heavy atom. The average molecular weight is 849 g/mol. The van der Waals surface area contributed by atoms with Gasteiger partial charge >= 0.3 is 6.85 Å². The first-order valence-corrected chi connectivity index (χ1v) is 23.9. The zero-order chi connectivity index (χ0) is 44.1. The van der Waals surface area contributed by atoms with E-state index in [1.807, 2.05) is 11.3 Å². The number of furan rings is 1. The summed E-state index contributed by atoms with van der Waals surface area (Å²) in [7, 11) is 0. The first kappa shape index (κ1) is 38.4. The van der Waals surface area contributed by atoms with Gasteiger partial charge in [-0.05, 0) is 121 Å². The highest BCUT2D eigenvalue weighted by atomic mass is 32.1. The Hall–Kier alpha value is -6.04. The van der Waals surface area contributed by atoms with E-state index in [0.29, 0.717) is 0 Å². The first-order valence-electron chi connectivity index (χ1n) is 23.1. The van der Waals surface area contributed by atoms with Gasteiger partial charge in [-0.1, -0.05) is 143 Å². The van der Waals surface area contributed by atoms with Crippen molar-refractivity contribution in [3.63, 3.8) is 0 Å². The van der Waals surface area contributed by atoms with E-state index in [9.17, 15) is 0 Å². The van der Waals surface area contributed by atoms with E-state index in [-0.39, 0.29) is 28.5 Å². The maximum Gasteiger partial charge on any atom is 0.343 e. The SMILES string of the molecule is CC(C)(C)c1ccc(N2B3c4sc5ccc(C(C)(C)C)cc5c4-n4c5ccc(C(C)(C)C)cc5c5c6oc7ccccc7c6c(c3c54)-c3cc4c(cc32)C(C)(C)c2ccccc2-4)cc1. The standard InChI is InChI=1S/C59H53BN2OS/c1-56(2,3)32-20-24-35(25-21-32)62-45-31-43-38(36-16-12-14-18-42(36)59(43,10)11)30-40(45)48-49-37-17-13-15-19-46(37)63-54(49)50-39-28-33(57(4,5)6)22-26-44(39)61-52-41-29-34(58(7,8)9)23-27-47(41)64-55(52)60(62)51(48)53(50)61/h12-31H,1-11H3. The van der Waals surface area contributed by atoms with Crippen LogP contribution in [0.3, 0.4) is 0 Å². The Balaban J connectivity index is 1.28. The van der Waals surface area contributed by atoms with Crippen LogP contribution in [0.5, 0.6) is 0 Å². The number of benzene rings is 7. The smallest absolute Gasteiger partial charge is 0.343 e. The molecule has 10 aromatic rings. The maximum absolute atomic E-state index is 7.29. The number of anilines is 2. The summed E-state index contributed by atoms with van der Waals surface area (Å²) in [6, 6.07) is 47.0. The Bertz CT molecular complexity index is 3700. The average Bonchev–Trinajstić information content (AvgIpc) is 3.98. The number of hydrogen-bond donors (Lipinski definition) is 0. The van der Waals surface area contributed by atoms with Crippen LogP contribution < -0.4 is 15.1 Å². The number of aromatic nitrogens is 1. The van der Waals surface area contributed by atoms with Gasteiger partial charge in [0.1, 0.15) is 11.2 Å². The molecular formula is C59H53BN2OS. The third-order valence-corrected chi connectivity index (χ3v) is 16.4. The number of para-hydroxylation sites is 1. The molecule has 64 heavy (non-hydrogen) atoms. The monoisotopic (exact) mass is 848 g/mol. The Kier molecular flexibility index (Phi) is 7.32. The van der Waals surface area contributed by atoms with Gasteiger partial charge in [-0.2, -0.15) is 0 Å². The summed E-state index contributed by atoms with van der Waals surface area (Å²) in [6.45, 7) is 25.7.